The number of benzene rings is 1. The van der Waals surface area contributed by atoms with Gasteiger partial charge in [-0.3, -0.25) is 0 Å². The molecule has 1 rings (SSSR count). The van der Waals surface area contributed by atoms with Gasteiger partial charge in [-0.15, -0.1) is 0 Å². The van der Waals surface area contributed by atoms with E-state index < -0.39 is 30.9 Å². The van der Waals surface area contributed by atoms with Gasteiger partial charge in [0, 0.05) is 0 Å². The van der Waals surface area contributed by atoms with Crippen molar-refractivity contribution in [3.63, 3.8) is 0 Å². The van der Waals surface area contributed by atoms with E-state index in [2.05, 4.69) is 16.6 Å². The summed E-state index contributed by atoms with van der Waals surface area (Å²) in [5.41, 5.74) is 0. The first kappa shape index (κ1) is 28.7. The second-order valence-corrected chi connectivity index (χ2v) is 5.67. The molecule has 1 aromatic carbocycles. The summed E-state index contributed by atoms with van der Waals surface area (Å²) >= 11 is 0. The fourth-order valence-electron chi connectivity index (χ4n) is 1.79. The second-order valence-electron chi connectivity index (χ2n) is 5.67. The molecule has 1 aromatic rings. The van der Waals surface area contributed by atoms with Crippen LogP contribution in [0.5, 0.6) is 5.75 Å². The zero-order valence-corrected chi connectivity index (χ0v) is 19.6. The topological polar surface area (TPSA) is 119 Å². The molecule has 0 fully saturated rings. The molecule has 3 N–H and O–H groups in total. The van der Waals surface area contributed by atoms with Crippen LogP contribution in [0.1, 0.15) is 0 Å². The van der Waals surface area contributed by atoms with Crippen LogP contribution < -0.4 is 61.2 Å². The predicted octanol–water partition coefficient (Wildman–Crippen LogP) is -3.27. The van der Waals surface area contributed by atoms with Crippen molar-refractivity contribution >= 4 is 5.97 Å². The molecule has 156 valence electrons. The summed E-state index contributed by atoms with van der Waals surface area (Å²) in [6.07, 6.45) is 5.24. The second kappa shape index (κ2) is 17.4. The number of ether oxygens (including phenoxy) is 2. The number of carbonyl (C=O) groups excluding carboxylic acids is 1. The Morgan fingerprint density at radius 1 is 1.07 bits per heavy atom. The summed E-state index contributed by atoms with van der Waals surface area (Å²) < 4.78 is 22.7. The minimum atomic E-state index is -1.41. The Hall–Kier alpha value is -1.32. The smallest absolute Gasteiger partial charge is 0.548 e. The molecule has 0 radical (unpaired) electrons. The molecule has 3 atom stereocenters. The summed E-state index contributed by atoms with van der Waals surface area (Å²) in [5.74, 6) is 3.99. The number of rotatable bonds is 11. The molecule has 9 heteroatoms. The number of aliphatic carboxylic acids is 1. The SMILES string of the molecule is O=C([O-])COC[C@H](O)[C@@H](O)/C=C/C=C/C#C/C=C/[C@@H](O)COc1ccc(F)cc1.[K+]. The molecule has 0 saturated carbocycles. The minimum absolute atomic E-state index is 0. The maximum Gasteiger partial charge on any atom is 1.00 e. The van der Waals surface area contributed by atoms with Crippen molar-refractivity contribution in [3.8, 4) is 17.6 Å². The van der Waals surface area contributed by atoms with E-state index in [1.54, 1.807) is 0 Å². The third kappa shape index (κ3) is 14.6. The zero-order chi connectivity index (χ0) is 21.5. The Labute approximate surface area is 216 Å². The largest absolute Gasteiger partial charge is 1.00 e. The average molecular weight is 444 g/mol. The number of carboxylic acids is 1. The van der Waals surface area contributed by atoms with Crippen LogP contribution in [0, 0.1) is 17.7 Å². The van der Waals surface area contributed by atoms with Crippen molar-refractivity contribution in [3.05, 3.63) is 66.5 Å². The minimum Gasteiger partial charge on any atom is -0.548 e. The molecule has 0 aliphatic carbocycles. The van der Waals surface area contributed by atoms with E-state index in [0.717, 1.165) is 0 Å². The molecule has 0 bridgehead atoms. The molecular weight excluding hydrogens is 422 g/mol. The Balaban J connectivity index is 0.00000841. The van der Waals surface area contributed by atoms with Gasteiger partial charge in [0.15, 0.2) is 0 Å². The molecule has 7 nitrogen and oxygen atoms in total. The molecule has 0 spiro atoms. The number of hydrogen-bond donors (Lipinski definition) is 3. The van der Waals surface area contributed by atoms with Gasteiger partial charge in [-0.05, 0) is 42.5 Å². The number of halogens is 1. The maximum absolute atomic E-state index is 12.8. The van der Waals surface area contributed by atoms with E-state index in [-0.39, 0.29) is 70.4 Å². The fourth-order valence-corrected chi connectivity index (χ4v) is 1.79. The molecule has 0 unspecified atom stereocenters. The van der Waals surface area contributed by atoms with Crippen LogP contribution in [-0.4, -0.2) is 59.4 Å². The van der Waals surface area contributed by atoms with Crippen LogP contribution >= 0.6 is 0 Å². The molecule has 0 aliphatic heterocycles. The first-order valence-corrected chi connectivity index (χ1v) is 8.59. The average Bonchev–Trinajstić information content (AvgIpc) is 2.69. The van der Waals surface area contributed by atoms with Crippen molar-refractivity contribution < 1.29 is 90.5 Å². The van der Waals surface area contributed by atoms with E-state index in [4.69, 9.17) is 4.74 Å². The summed E-state index contributed by atoms with van der Waals surface area (Å²) in [6.45, 7) is -1.01. The van der Waals surface area contributed by atoms with Gasteiger partial charge in [0.1, 0.15) is 36.5 Å². The van der Waals surface area contributed by atoms with Gasteiger partial charge in [-0.1, -0.05) is 30.1 Å². The number of carbonyl (C=O) groups is 1. The zero-order valence-electron chi connectivity index (χ0n) is 16.5. The number of aliphatic hydroxyl groups is 3. The van der Waals surface area contributed by atoms with Crippen LogP contribution in [0.25, 0.3) is 0 Å². The molecule has 30 heavy (non-hydrogen) atoms. The Kier molecular flexibility index (Phi) is 16.6. The maximum atomic E-state index is 12.8. The first-order valence-electron chi connectivity index (χ1n) is 8.59. The fraction of sp³-hybridized carbons (Fsp3) is 0.286. The van der Waals surface area contributed by atoms with E-state index in [9.17, 15) is 29.6 Å². The number of carboxylic acid groups (broad SMARTS) is 1. The van der Waals surface area contributed by atoms with Gasteiger partial charge in [0.25, 0.3) is 0 Å². The van der Waals surface area contributed by atoms with E-state index in [0.29, 0.717) is 5.75 Å². The van der Waals surface area contributed by atoms with Gasteiger partial charge in [-0.25, -0.2) is 4.39 Å². The quantitative estimate of drug-likeness (QED) is 0.186. The van der Waals surface area contributed by atoms with Gasteiger partial charge < -0.3 is 34.7 Å². The van der Waals surface area contributed by atoms with Gasteiger partial charge in [0.05, 0.1) is 19.2 Å². The van der Waals surface area contributed by atoms with E-state index >= 15 is 0 Å². The van der Waals surface area contributed by atoms with E-state index in [1.165, 1.54) is 60.7 Å². The van der Waals surface area contributed by atoms with E-state index in [1.807, 2.05) is 0 Å². The number of aliphatic hydroxyl groups excluding tert-OH is 3. The van der Waals surface area contributed by atoms with Crippen LogP contribution in [0.4, 0.5) is 4.39 Å². The van der Waals surface area contributed by atoms with Crippen molar-refractivity contribution in [1.29, 1.82) is 0 Å². The molecule has 0 aliphatic rings. The summed E-state index contributed by atoms with van der Waals surface area (Å²) in [5, 5.41) is 39.0. The van der Waals surface area contributed by atoms with Gasteiger partial charge in [-0.2, -0.15) is 0 Å². The van der Waals surface area contributed by atoms with Crippen LogP contribution in [0.2, 0.25) is 0 Å². The van der Waals surface area contributed by atoms with Crippen molar-refractivity contribution in [2.24, 2.45) is 0 Å². The van der Waals surface area contributed by atoms with Gasteiger partial charge in [0.2, 0.25) is 0 Å². The predicted molar refractivity (Wildman–Crippen MR) is 101 cm³/mol. The van der Waals surface area contributed by atoms with Crippen LogP contribution in [0.15, 0.2) is 60.7 Å². The Morgan fingerprint density at radius 2 is 1.73 bits per heavy atom. The van der Waals surface area contributed by atoms with Crippen molar-refractivity contribution in [2.75, 3.05) is 19.8 Å². The Bertz CT molecular complexity index is 766. The number of hydrogen-bond acceptors (Lipinski definition) is 7. The van der Waals surface area contributed by atoms with Crippen molar-refractivity contribution in [2.45, 2.75) is 18.3 Å². The molecule has 0 aromatic heterocycles. The molecule has 0 heterocycles. The Morgan fingerprint density at radius 3 is 2.40 bits per heavy atom. The van der Waals surface area contributed by atoms with Crippen LogP contribution in [0.3, 0.4) is 0 Å². The molecule has 0 amide bonds. The monoisotopic (exact) mass is 444 g/mol. The normalized spacial score (nSPS) is 14.1. The van der Waals surface area contributed by atoms with Crippen molar-refractivity contribution in [1.82, 2.24) is 0 Å². The van der Waals surface area contributed by atoms with Gasteiger partial charge >= 0.3 is 51.4 Å². The third-order valence-electron chi connectivity index (χ3n) is 3.22. The molecular formula is C21H22FKO7. The third-order valence-corrected chi connectivity index (χ3v) is 3.22. The summed E-state index contributed by atoms with van der Waals surface area (Å²) in [6, 6.07) is 5.43. The first-order chi connectivity index (χ1) is 13.9. The number of allylic oxidation sites excluding steroid dienone is 4. The molecule has 0 saturated heterocycles. The van der Waals surface area contributed by atoms with Crippen LogP contribution in [-0.2, 0) is 9.53 Å². The summed E-state index contributed by atoms with van der Waals surface area (Å²) in [4.78, 5) is 10.2. The summed E-state index contributed by atoms with van der Waals surface area (Å²) in [7, 11) is 0. The standard InChI is InChI=1S/C21H23FO7.K/c22-16-9-11-18(12-10-16)29-13-17(23)7-5-3-1-2-4-6-8-19(24)20(25)14-28-15-21(26)27;/h2,4-12,17,19-20,23-25H,13-15H2,(H,26,27);/q;+1/p-1/b4-2+,7-5+,8-6+;/t17-,19+,20+;/m1./s1.